The van der Waals surface area contributed by atoms with Crippen molar-refractivity contribution in [2.45, 2.75) is 18.5 Å². The third-order valence-electron chi connectivity index (χ3n) is 5.78. The quantitative estimate of drug-likeness (QED) is 0.816. The van der Waals surface area contributed by atoms with Crippen LogP contribution in [0.2, 0.25) is 0 Å². The third-order valence-corrected chi connectivity index (χ3v) is 5.78. The van der Waals surface area contributed by atoms with Gasteiger partial charge in [0, 0.05) is 33.0 Å². The van der Waals surface area contributed by atoms with E-state index < -0.39 is 11.5 Å². The number of hydrogen-bond acceptors (Lipinski definition) is 4. The Labute approximate surface area is 168 Å². The summed E-state index contributed by atoms with van der Waals surface area (Å²) in [5.74, 6) is -0.131. The highest BCUT2D eigenvalue weighted by molar-refractivity contribution is 6.02. The summed E-state index contributed by atoms with van der Waals surface area (Å²) < 4.78 is 18.8. The van der Waals surface area contributed by atoms with Gasteiger partial charge < -0.3 is 25.2 Å². The van der Waals surface area contributed by atoms with Crippen molar-refractivity contribution < 1.29 is 18.7 Å². The van der Waals surface area contributed by atoms with Gasteiger partial charge in [-0.1, -0.05) is 12.1 Å². The van der Waals surface area contributed by atoms with E-state index in [0.717, 1.165) is 0 Å². The van der Waals surface area contributed by atoms with Crippen LogP contribution < -0.4 is 20.3 Å². The summed E-state index contributed by atoms with van der Waals surface area (Å²) in [7, 11) is 3.45. The minimum absolute atomic E-state index is 0.211. The minimum Gasteiger partial charge on any atom is -0.495 e. The summed E-state index contributed by atoms with van der Waals surface area (Å²) in [6.45, 7) is 0.949. The van der Waals surface area contributed by atoms with Gasteiger partial charge in [0.2, 0.25) is 0 Å². The second kappa shape index (κ2) is 7.27. The van der Waals surface area contributed by atoms with Gasteiger partial charge in [0.25, 0.3) is 5.91 Å². The number of para-hydroxylation sites is 2. The SMILES string of the molecule is COc1ccccc1NC(=O)N1CCC2(CC1)NC(=O)c1cc(F)ccc1N2C. The van der Waals surface area contributed by atoms with Crippen molar-refractivity contribution in [1.29, 1.82) is 0 Å². The number of nitrogens with one attached hydrogen (secondary N) is 2. The van der Waals surface area contributed by atoms with E-state index in [1.54, 1.807) is 30.2 Å². The first-order valence-electron chi connectivity index (χ1n) is 9.48. The van der Waals surface area contributed by atoms with E-state index in [1.165, 1.54) is 12.1 Å². The molecule has 29 heavy (non-hydrogen) atoms. The lowest BCUT2D eigenvalue weighted by molar-refractivity contribution is 0.0814. The molecule has 2 aromatic rings. The molecular weight excluding hydrogens is 375 g/mol. The van der Waals surface area contributed by atoms with Crippen molar-refractivity contribution in [2.75, 3.05) is 37.5 Å². The van der Waals surface area contributed by atoms with Crippen LogP contribution in [0.25, 0.3) is 0 Å². The zero-order valence-corrected chi connectivity index (χ0v) is 16.4. The van der Waals surface area contributed by atoms with Crippen LogP contribution in [-0.4, -0.2) is 49.7 Å². The van der Waals surface area contributed by atoms with Crippen molar-refractivity contribution in [2.24, 2.45) is 0 Å². The Bertz CT molecular complexity index is 957. The first-order valence-corrected chi connectivity index (χ1v) is 9.48. The molecule has 2 aliphatic heterocycles. The molecule has 8 heteroatoms. The molecule has 1 spiro atoms. The smallest absolute Gasteiger partial charge is 0.321 e. The summed E-state index contributed by atoms with van der Waals surface area (Å²) in [6, 6.07) is 11.3. The molecule has 7 nitrogen and oxygen atoms in total. The zero-order chi connectivity index (χ0) is 20.6. The van der Waals surface area contributed by atoms with Gasteiger partial charge in [-0.3, -0.25) is 4.79 Å². The number of rotatable bonds is 2. The van der Waals surface area contributed by atoms with Crippen LogP contribution >= 0.6 is 0 Å². The normalized spacial score (nSPS) is 17.6. The number of urea groups is 1. The molecule has 152 valence electrons. The topological polar surface area (TPSA) is 73.9 Å². The number of nitrogens with zero attached hydrogens (tertiary/aromatic N) is 2. The fraction of sp³-hybridized carbons (Fsp3) is 0.333. The number of hydrogen-bond donors (Lipinski definition) is 2. The number of likely N-dealkylation sites (tertiary alicyclic amines) is 1. The summed E-state index contributed by atoms with van der Waals surface area (Å²) in [4.78, 5) is 29.0. The average molecular weight is 398 g/mol. The molecule has 0 atom stereocenters. The van der Waals surface area contributed by atoms with E-state index >= 15 is 0 Å². The number of anilines is 2. The third kappa shape index (κ3) is 3.35. The van der Waals surface area contributed by atoms with Gasteiger partial charge in [-0.05, 0) is 30.3 Å². The number of amides is 3. The van der Waals surface area contributed by atoms with Crippen LogP contribution in [0.1, 0.15) is 23.2 Å². The van der Waals surface area contributed by atoms with Crippen LogP contribution in [0, 0.1) is 5.82 Å². The number of halogens is 1. The van der Waals surface area contributed by atoms with E-state index in [-0.39, 0.29) is 11.9 Å². The maximum absolute atomic E-state index is 13.5. The van der Waals surface area contributed by atoms with Crippen molar-refractivity contribution in [3.63, 3.8) is 0 Å². The standard InChI is InChI=1S/C21H23FN4O3/c1-25-17-8-7-14(22)13-15(17)19(27)24-21(25)9-11-26(12-10-21)20(28)23-16-5-3-4-6-18(16)29-2/h3-8,13H,9-12H2,1-2H3,(H,23,28)(H,24,27). The van der Waals surface area contributed by atoms with Gasteiger partial charge in [-0.25, -0.2) is 9.18 Å². The highest BCUT2D eigenvalue weighted by Crippen LogP contribution is 2.36. The molecule has 1 fully saturated rings. The second-order valence-electron chi connectivity index (χ2n) is 7.32. The van der Waals surface area contributed by atoms with Crippen LogP contribution in [0.4, 0.5) is 20.6 Å². The average Bonchev–Trinajstić information content (AvgIpc) is 2.73. The number of benzene rings is 2. The van der Waals surface area contributed by atoms with Crippen LogP contribution in [0.3, 0.4) is 0 Å². The molecule has 0 aliphatic carbocycles. The molecule has 0 radical (unpaired) electrons. The predicted molar refractivity (Wildman–Crippen MR) is 108 cm³/mol. The number of carbonyl (C=O) groups is 2. The Hall–Kier alpha value is -3.29. The molecule has 4 rings (SSSR count). The molecule has 3 amide bonds. The molecule has 2 heterocycles. The Morgan fingerprint density at radius 2 is 1.93 bits per heavy atom. The zero-order valence-electron chi connectivity index (χ0n) is 16.4. The molecule has 0 bridgehead atoms. The van der Waals surface area contributed by atoms with Crippen LogP contribution in [0.15, 0.2) is 42.5 Å². The van der Waals surface area contributed by atoms with Crippen molar-refractivity contribution >= 4 is 23.3 Å². The largest absolute Gasteiger partial charge is 0.495 e. The number of methoxy groups -OCH3 is 1. The fourth-order valence-corrected chi connectivity index (χ4v) is 4.06. The predicted octanol–water partition coefficient (Wildman–Crippen LogP) is 3.04. The molecule has 1 saturated heterocycles. The lowest BCUT2D eigenvalue weighted by Gasteiger charge is -2.51. The molecule has 0 saturated carbocycles. The molecule has 2 aromatic carbocycles. The minimum atomic E-state index is -0.594. The lowest BCUT2D eigenvalue weighted by Crippen LogP contribution is -2.67. The van der Waals surface area contributed by atoms with Crippen LogP contribution in [-0.2, 0) is 0 Å². The molecule has 0 aromatic heterocycles. The fourth-order valence-electron chi connectivity index (χ4n) is 4.06. The number of carbonyl (C=O) groups excluding carboxylic acids is 2. The van der Waals surface area contributed by atoms with Gasteiger partial charge >= 0.3 is 6.03 Å². The molecular formula is C21H23FN4O3. The number of fused-ring (bicyclic) bond motifs is 1. The maximum atomic E-state index is 13.5. The summed E-state index contributed by atoms with van der Waals surface area (Å²) in [5, 5.41) is 5.92. The first kappa shape index (κ1) is 19.0. The van der Waals surface area contributed by atoms with E-state index in [4.69, 9.17) is 4.74 Å². The molecule has 2 aliphatic rings. The van der Waals surface area contributed by atoms with Crippen molar-refractivity contribution in [1.82, 2.24) is 10.2 Å². The van der Waals surface area contributed by atoms with Gasteiger partial charge in [-0.15, -0.1) is 0 Å². The number of piperidine rings is 1. The Kier molecular flexibility index (Phi) is 4.77. The van der Waals surface area contributed by atoms with Crippen molar-refractivity contribution in [3.8, 4) is 5.75 Å². The Balaban J connectivity index is 1.47. The second-order valence-corrected chi connectivity index (χ2v) is 7.32. The Morgan fingerprint density at radius 1 is 1.21 bits per heavy atom. The van der Waals surface area contributed by atoms with Gasteiger partial charge in [0.05, 0.1) is 24.0 Å². The van der Waals surface area contributed by atoms with Gasteiger partial charge in [-0.2, -0.15) is 0 Å². The summed E-state index contributed by atoms with van der Waals surface area (Å²) >= 11 is 0. The van der Waals surface area contributed by atoms with E-state index in [1.807, 2.05) is 24.1 Å². The van der Waals surface area contributed by atoms with Crippen LogP contribution in [0.5, 0.6) is 5.75 Å². The van der Waals surface area contributed by atoms with E-state index in [0.29, 0.717) is 48.6 Å². The first-order chi connectivity index (χ1) is 13.9. The Morgan fingerprint density at radius 3 is 2.66 bits per heavy atom. The highest BCUT2D eigenvalue weighted by atomic mass is 19.1. The number of ether oxygens (including phenoxy) is 1. The summed E-state index contributed by atoms with van der Waals surface area (Å²) in [6.07, 6.45) is 1.12. The van der Waals surface area contributed by atoms with Gasteiger partial charge in [0.1, 0.15) is 17.2 Å². The van der Waals surface area contributed by atoms with E-state index in [2.05, 4.69) is 10.6 Å². The van der Waals surface area contributed by atoms with Crippen molar-refractivity contribution in [3.05, 3.63) is 53.8 Å². The molecule has 0 unspecified atom stereocenters. The lowest BCUT2D eigenvalue weighted by atomic mass is 9.90. The van der Waals surface area contributed by atoms with Gasteiger partial charge in [0.15, 0.2) is 0 Å². The molecule has 2 N–H and O–H groups in total. The van der Waals surface area contributed by atoms with E-state index in [9.17, 15) is 14.0 Å². The highest BCUT2D eigenvalue weighted by Gasteiger charge is 2.45. The monoisotopic (exact) mass is 398 g/mol. The maximum Gasteiger partial charge on any atom is 0.321 e. The summed E-state index contributed by atoms with van der Waals surface area (Å²) in [5.41, 5.74) is 1.04.